The fourth-order valence-electron chi connectivity index (χ4n) is 2.70. The van der Waals surface area contributed by atoms with E-state index >= 15 is 0 Å². The molecule has 0 bridgehead atoms. The number of rotatable bonds is 8. The minimum Gasteiger partial charge on any atom is -0.480 e. The van der Waals surface area contributed by atoms with E-state index in [-0.39, 0.29) is 0 Å². The van der Waals surface area contributed by atoms with E-state index in [1.165, 1.54) is 0 Å². The SMILES string of the molecule is O=C(O)COc1ccc(SCC=C(c2ccccc2)c2ccc(Cl)cc2)cc1Cl. The van der Waals surface area contributed by atoms with Gasteiger partial charge in [0.15, 0.2) is 6.61 Å². The lowest BCUT2D eigenvalue weighted by atomic mass is 9.98. The Bertz CT molecular complexity index is 1000. The fraction of sp³-hybridized carbons (Fsp3) is 0.0870. The largest absolute Gasteiger partial charge is 0.480 e. The number of carboxylic acids is 1. The molecule has 6 heteroatoms. The summed E-state index contributed by atoms with van der Waals surface area (Å²) in [6, 6.07) is 23.3. The Hall–Kier alpha value is -2.40. The first-order valence-electron chi connectivity index (χ1n) is 8.81. The molecule has 3 nitrogen and oxygen atoms in total. The third kappa shape index (κ3) is 6.29. The van der Waals surface area contributed by atoms with Crippen molar-refractivity contribution < 1.29 is 14.6 Å². The first kappa shape index (κ1) is 21.3. The second-order valence-corrected chi connectivity index (χ2v) is 8.01. The van der Waals surface area contributed by atoms with Gasteiger partial charge < -0.3 is 9.84 Å². The highest BCUT2D eigenvalue weighted by molar-refractivity contribution is 7.99. The molecular weight excluding hydrogens is 427 g/mol. The van der Waals surface area contributed by atoms with Crippen LogP contribution in [-0.4, -0.2) is 23.4 Å². The zero-order valence-electron chi connectivity index (χ0n) is 15.3. The van der Waals surface area contributed by atoms with Crippen LogP contribution in [0.1, 0.15) is 11.1 Å². The fourth-order valence-corrected chi connectivity index (χ4v) is 3.93. The summed E-state index contributed by atoms with van der Waals surface area (Å²) in [5, 5.41) is 9.80. The molecule has 29 heavy (non-hydrogen) atoms. The molecule has 0 amide bonds. The van der Waals surface area contributed by atoms with E-state index in [1.54, 1.807) is 23.9 Å². The molecule has 0 atom stereocenters. The molecule has 0 aliphatic rings. The molecule has 0 saturated heterocycles. The second-order valence-electron chi connectivity index (χ2n) is 6.08. The van der Waals surface area contributed by atoms with Crippen LogP contribution in [0.5, 0.6) is 5.75 Å². The Morgan fingerprint density at radius 2 is 1.66 bits per heavy atom. The summed E-state index contributed by atoms with van der Waals surface area (Å²) < 4.78 is 5.16. The van der Waals surface area contributed by atoms with E-state index in [1.807, 2.05) is 48.5 Å². The van der Waals surface area contributed by atoms with E-state index in [4.69, 9.17) is 33.0 Å². The van der Waals surface area contributed by atoms with E-state index in [0.717, 1.165) is 27.3 Å². The van der Waals surface area contributed by atoms with Crippen LogP contribution in [0.2, 0.25) is 10.0 Å². The maximum Gasteiger partial charge on any atom is 0.341 e. The smallest absolute Gasteiger partial charge is 0.341 e. The third-order valence-electron chi connectivity index (χ3n) is 4.03. The van der Waals surface area contributed by atoms with Crippen molar-refractivity contribution in [2.75, 3.05) is 12.4 Å². The van der Waals surface area contributed by atoms with Crippen molar-refractivity contribution in [3.63, 3.8) is 0 Å². The summed E-state index contributed by atoms with van der Waals surface area (Å²) in [5.74, 6) is 0.0544. The minimum atomic E-state index is -1.04. The summed E-state index contributed by atoms with van der Waals surface area (Å²) in [6.45, 7) is -0.420. The average molecular weight is 445 g/mol. The normalized spacial score (nSPS) is 11.3. The van der Waals surface area contributed by atoms with Gasteiger partial charge in [0.2, 0.25) is 0 Å². The maximum atomic E-state index is 10.6. The standard InChI is InChI=1S/C23H18Cl2O3S/c24-18-8-6-17(7-9-18)20(16-4-2-1-3-5-16)12-13-29-19-10-11-22(21(25)14-19)28-15-23(26)27/h1-12,14H,13,15H2,(H,26,27). The van der Waals surface area contributed by atoms with Gasteiger partial charge in [0, 0.05) is 15.7 Å². The van der Waals surface area contributed by atoms with Crippen molar-refractivity contribution in [1.29, 1.82) is 0 Å². The molecule has 0 spiro atoms. The quantitative estimate of drug-likeness (QED) is 0.393. The number of carboxylic acid groups (broad SMARTS) is 1. The molecule has 0 aromatic heterocycles. The molecule has 0 radical (unpaired) electrons. The van der Waals surface area contributed by atoms with Crippen LogP contribution in [0.3, 0.4) is 0 Å². The number of thioether (sulfide) groups is 1. The van der Waals surface area contributed by atoms with Gasteiger partial charge in [-0.25, -0.2) is 4.79 Å². The molecule has 0 fully saturated rings. The van der Waals surface area contributed by atoms with Gasteiger partial charge in [-0.3, -0.25) is 0 Å². The van der Waals surface area contributed by atoms with Crippen LogP contribution in [0.15, 0.2) is 83.8 Å². The lowest BCUT2D eigenvalue weighted by molar-refractivity contribution is -0.139. The number of ether oxygens (including phenoxy) is 1. The molecule has 0 aliphatic carbocycles. The summed E-state index contributed by atoms with van der Waals surface area (Å²) in [4.78, 5) is 11.6. The Kier molecular flexibility index (Phi) is 7.64. The Morgan fingerprint density at radius 1 is 0.966 bits per heavy atom. The van der Waals surface area contributed by atoms with E-state index in [9.17, 15) is 4.79 Å². The van der Waals surface area contributed by atoms with E-state index in [2.05, 4.69) is 18.2 Å². The van der Waals surface area contributed by atoms with Crippen molar-refractivity contribution in [1.82, 2.24) is 0 Å². The zero-order chi connectivity index (χ0) is 20.6. The number of benzene rings is 3. The van der Waals surface area contributed by atoms with Crippen LogP contribution >= 0.6 is 35.0 Å². The molecule has 148 valence electrons. The van der Waals surface area contributed by atoms with Gasteiger partial charge in [0.1, 0.15) is 5.75 Å². The molecular formula is C23H18Cl2O3S. The molecule has 0 unspecified atom stereocenters. The van der Waals surface area contributed by atoms with Gasteiger partial charge in [-0.1, -0.05) is 71.7 Å². The molecule has 0 aliphatic heterocycles. The van der Waals surface area contributed by atoms with E-state index in [0.29, 0.717) is 15.8 Å². The van der Waals surface area contributed by atoms with Crippen molar-refractivity contribution >= 4 is 46.5 Å². The van der Waals surface area contributed by atoms with Crippen molar-refractivity contribution in [2.24, 2.45) is 0 Å². The number of halogens is 2. The van der Waals surface area contributed by atoms with Gasteiger partial charge in [-0.15, -0.1) is 11.8 Å². The Labute approximate surface area is 183 Å². The second kappa shape index (κ2) is 10.4. The van der Waals surface area contributed by atoms with E-state index < -0.39 is 12.6 Å². The zero-order valence-corrected chi connectivity index (χ0v) is 17.7. The number of hydrogen-bond donors (Lipinski definition) is 1. The van der Waals surface area contributed by atoms with Crippen LogP contribution in [0.4, 0.5) is 0 Å². The Balaban J connectivity index is 1.75. The average Bonchev–Trinajstić information content (AvgIpc) is 2.72. The predicted octanol–water partition coefficient (Wildman–Crippen LogP) is 6.68. The highest BCUT2D eigenvalue weighted by Crippen LogP contribution is 2.31. The topological polar surface area (TPSA) is 46.5 Å². The summed E-state index contributed by atoms with van der Waals surface area (Å²) in [7, 11) is 0. The van der Waals surface area contributed by atoms with Crippen molar-refractivity contribution in [3.05, 3.63) is 100 Å². The third-order valence-corrected chi connectivity index (χ3v) is 5.50. The first-order valence-corrected chi connectivity index (χ1v) is 10.6. The van der Waals surface area contributed by atoms with Crippen LogP contribution < -0.4 is 4.74 Å². The monoisotopic (exact) mass is 444 g/mol. The molecule has 3 rings (SSSR count). The molecule has 1 N–H and O–H groups in total. The lowest BCUT2D eigenvalue weighted by Crippen LogP contribution is -2.09. The molecule has 0 saturated carbocycles. The van der Waals surface area contributed by atoms with Crippen molar-refractivity contribution in [3.8, 4) is 5.75 Å². The van der Waals surface area contributed by atoms with Gasteiger partial charge in [0.25, 0.3) is 0 Å². The number of aliphatic carboxylic acids is 1. The number of carbonyl (C=O) groups is 1. The van der Waals surface area contributed by atoms with Crippen molar-refractivity contribution in [2.45, 2.75) is 4.90 Å². The first-order chi connectivity index (χ1) is 14.0. The van der Waals surface area contributed by atoms with Gasteiger partial charge in [-0.05, 0) is 47.0 Å². The predicted molar refractivity (Wildman–Crippen MR) is 120 cm³/mol. The highest BCUT2D eigenvalue weighted by Gasteiger charge is 2.07. The van der Waals surface area contributed by atoms with Gasteiger partial charge in [0.05, 0.1) is 5.02 Å². The van der Waals surface area contributed by atoms with Crippen LogP contribution in [0.25, 0.3) is 5.57 Å². The molecule has 3 aromatic carbocycles. The van der Waals surface area contributed by atoms with Crippen LogP contribution in [-0.2, 0) is 4.79 Å². The van der Waals surface area contributed by atoms with Gasteiger partial charge >= 0.3 is 5.97 Å². The summed E-state index contributed by atoms with van der Waals surface area (Å²) in [5.41, 5.74) is 3.35. The Morgan fingerprint density at radius 3 is 2.31 bits per heavy atom. The molecule has 3 aromatic rings. The number of hydrogen-bond acceptors (Lipinski definition) is 3. The van der Waals surface area contributed by atoms with Crippen LogP contribution in [0, 0.1) is 0 Å². The lowest BCUT2D eigenvalue weighted by Gasteiger charge is -2.10. The summed E-state index contributed by atoms with van der Waals surface area (Å²) >= 11 is 13.9. The summed E-state index contributed by atoms with van der Waals surface area (Å²) in [6.07, 6.45) is 2.17. The maximum absolute atomic E-state index is 10.6. The van der Waals surface area contributed by atoms with Gasteiger partial charge in [-0.2, -0.15) is 0 Å². The molecule has 0 heterocycles. The minimum absolute atomic E-state index is 0.361. The highest BCUT2D eigenvalue weighted by atomic mass is 35.5.